The van der Waals surface area contributed by atoms with E-state index in [2.05, 4.69) is 41.9 Å². The van der Waals surface area contributed by atoms with Crippen LogP contribution < -0.4 is 40.8 Å². The van der Waals surface area contributed by atoms with Gasteiger partial charge in [-0.1, -0.05) is 42.5 Å². The van der Waals surface area contributed by atoms with Crippen LogP contribution in [0.25, 0.3) is 45.0 Å². The molecule has 0 amide bonds. The van der Waals surface area contributed by atoms with Crippen molar-refractivity contribution in [2.45, 2.75) is 109 Å². The summed E-state index contributed by atoms with van der Waals surface area (Å²) in [5, 5.41) is 9.63. The fourth-order valence-electron chi connectivity index (χ4n) is 12.0. The fourth-order valence-corrected chi connectivity index (χ4v) is 12.4. The molecule has 0 radical (unpaired) electrons. The lowest BCUT2D eigenvalue weighted by molar-refractivity contribution is 0.0661. The van der Waals surface area contributed by atoms with Crippen molar-refractivity contribution in [2.75, 3.05) is 39.6 Å². The van der Waals surface area contributed by atoms with Crippen molar-refractivity contribution in [3.05, 3.63) is 204 Å². The number of rotatable bonds is 16. The van der Waals surface area contributed by atoms with Gasteiger partial charge in [0.05, 0.1) is 52.5 Å². The van der Waals surface area contributed by atoms with Gasteiger partial charge in [0, 0.05) is 79.9 Å². The summed E-state index contributed by atoms with van der Waals surface area (Å²) in [6, 6.07) is 44.5. The van der Waals surface area contributed by atoms with Crippen LogP contribution in [0.5, 0.6) is 34.9 Å². The third-order valence-electron chi connectivity index (χ3n) is 16.6. The summed E-state index contributed by atoms with van der Waals surface area (Å²) < 4.78 is 51.9. The third kappa shape index (κ3) is 14.3. The molecule has 3 unspecified atom stereocenters. The number of fused-ring (bicyclic) bond motifs is 9. The third-order valence-corrected chi connectivity index (χ3v) is 17.0. The van der Waals surface area contributed by atoms with Crippen molar-refractivity contribution in [3.8, 4) is 79.9 Å². The molecule has 3 atom stereocenters. The van der Waals surface area contributed by atoms with E-state index in [0.29, 0.717) is 76.7 Å². The number of aryl methyl sites for hydroxylation is 3. The second-order valence-corrected chi connectivity index (χ2v) is 23.5. The maximum absolute atomic E-state index is 12.7. The van der Waals surface area contributed by atoms with E-state index in [1.807, 2.05) is 115 Å². The highest BCUT2D eigenvalue weighted by molar-refractivity contribution is 9.10. The van der Waals surface area contributed by atoms with E-state index in [-0.39, 0.29) is 41.1 Å². The van der Waals surface area contributed by atoms with Crippen molar-refractivity contribution in [1.82, 2.24) is 38.6 Å². The number of aromatic nitrogens is 8. The molecule has 20 nitrogen and oxygen atoms in total. The molecule has 5 aromatic heterocycles. The van der Waals surface area contributed by atoms with Crippen LogP contribution in [0.4, 0.5) is 0 Å². The van der Waals surface area contributed by atoms with Crippen LogP contribution in [0, 0.1) is 0 Å². The Hall–Kier alpha value is -9.02. The first kappa shape index (κ1) is 59.9. The van der Waals surface area contributed by atoms with E-state index in [1.165, 1.54) is 0 Å². The van der Waals surface area contributed by atoms with Crippen molar-refractivity contribution in [3.63, 3.8) is 0 Å². The molecule has 0 spiro atoms. The number of benzene rings is 4. The molecule has 3 saturated heterocycles. The van der Waals surface area contributed by atoms with E-state index in [0.717, 1.165) is 160 Å². The highest BCUT2D eigenvalue weighted by Crippen LogP contribution is 2.36. The molecule has 6 aliphatic rings. The van der Waals surface area contributed by atoms with E-state index in [9.17, 15) is 19.5 Å². The monoisotopic (exact) mass is 1280 g/mol. The number of hydrogen-bond acceptors (Lipinski definition) is 17. The Labute approximate surface area is 527 Å². The molecule has 0 aliphatic carbocycles. The van der Waals surface area contributed by atoms with E-state index in [4.69, 9.17) is 42.9 Å². The van der Waals surface area contributed by atoms with Crippen molar-refractivity contribution >= 4 is 15.9 Å². The lowest BCUT2D eigenvalue weighted by Crippen LogP contribution is -2.29. The van der Waals surface area contributed by atoms with Gasteiger partial charge in [-0.2, -0.15) is 15.0 Å². The summed E-state index contributed by atoms with van der Waals surface area (Å²) in [5.74, 6) is 2.82. The first-order valence-electron chi connectivity index (χ1n) is 30.7. The Morgan fingerprint density at radius 1 is 0.456 bits per heavy atom. The maximum atomic E-state index is 12.7. The Balaban J connectivity index is 0.000000127. The summed E-state index contributed by atoms with van der Waals surface area (Å²) >= 11 is 3.38. The predicted molar refractivity (Wildman–Crippen MR) is 338 cm³/mol. The van der Waals surface area contributed by atoms with Gasteiger partial charge in [-0.25, -0.2) is 24.4 Å². The lowest BCUT2D eigenvalue weighted by atomic mass is 9.97. The van der Waals surface area contributed by atoms with Crippen molar-refractivity contribution in [2.24, 2.45) is 0 Å². The van der Waals surface area contributed by atoms with E-state index < -0.39 is 0 Å². The molecule has 9 aromatic rings. The molecule has 462 valence electrons. The van der Waals surface area contributed by atoms with Crippen LogP contribution in [0.1, 0.15) is 66.6 Å². The van der Waals surface area contributed by atoms with Crippen molar-refractivity contribution < 1.29 is 43.0 Å². The molecule has 0 saturated carbocycles. The van der Waals surface area contributed by atoms with Gasteiger partial charge < -0.3 is 43.0 Å². The SMILES string of the molecule is O=c1nc(OCC2CCCO2)cc2n1CCc1cc(O)ccc1-2.O=c1nc(OCC2CCCO2)cc2n1CCc1cc(OCc3cccc(-c4ccccc4)n3)ccc1-2.O=c1nc(OCC2CCCO2)cc2n1CCc1cc(OCc3cccc(Br)n3)ccc1-2. The second-order valence-electron chi connectivity index (χ2n) is 22.7. The average molecular weight is 1280 g/mol. The summed E-state index contributed by atoms with van der Waals surface area (Å²) in [5.41, 5.74) is 11.5. The number of phenolic OH excluding ortho intramolecular Hbond substituents is 1. The summed E-state index contributed by atoms with van der Waals surface area (Å²) in [6.45, 7) is 6.02. The molecular weight excluding hydrogens is 1210 g/mol. The Bertz CT molecular complexity index is 4220. The van der Waals surface area contributed by atoms with Gasteiger partial charge in [-0.15, -0.1) is 0 Å². The average Bonchev–Trinajstić information content (AvgIpc) is 1.01. The molecule has 6 aliphatic heterocycles. The summed E-state index contributed by atoms with van der Waals surface area (Å²) in [4.78, 5) is 58.8. The van der Waals surface area contributed by atoms with Gasteiger partial charge in [0.1, 0.15) is 54.9 Å². The Morgan fingerprint density at radius 3 is 1.33 bits per heavy atom. The standard InChI is InChI=1S/C29H27N3O4.C23H22BrN3O4.C17H18N2O4/c33-29-31-28(36-19-24-9-5-15-34-24)17-27-25-12-11-23(16-21(25)13-14-32(27)29)35-18-22-8-4-10-26(30-22)20-6-2-1-3-7-20;24-21-5-1-3-16(25-21)13-30-17-6-7-19-15(11-17)8-9-27-20(19)12-22(26-23(27)28)31-14-18-4-2-10-29-18;20-12-3-4-14-11(8-12)5-6-19-15(14)9-16(18-17(19)21)23-10-13-2-1-7-22-13/h1-4,6-8,10-12,16-17,24H,5,9,13-15,18-19H2;1,3,5-7,11-12,18H,2,4,8-10,13-14H2;3-4,8-9,13,20H,1-2,5-7,10H2. The van der Waals surface area contributed by atoms with Crippen LogP contribution in [-0.2, 0) is 66.3 Å². The summed E-state index contributed by atoms with van der Waals surface area (Å²) in [7, 11) is 0. The maximum Gasteiger partial charge on any atom is 0.351 e. The quantitative estimate of drug-likeness (QED) is 0.0888. The zero-order valence-electron chi connectivity index (χ0n) is 49.5. The number of phenols is 1. The number of ether oxygens (including phenoxy) is 8. The number of pyridine rings is 2. The van der Waals surface area contributed by atoms with Crippen LogP contribution in [0.3, 0.4) is 0 Å². The van der Waals surface area contributed by atoms with Gasteiger partial charge in [0.2, 0.25) is 17.6 Å². The van der Waals surface area contributed by atoms with Gasteiger partial charge in [0.25, 0.3) is 0 Å². The number of halogens is 1. The van der Waals surface area contributed by atoms with Gasteiger partial charge in [-0.3, -0.25) is 13.7 Å². The normalized spacial score (nSPS) is 17.3. The van der Waals surface area contributed by atoms with Gasteiger partial charge in [-0.05, 0) is 169 Å². The van der Waals surface area contributed by atoms with E-state index in [1.54, 1.807) is 31.9 Å². The predicted octanol–water partition coefficient (Wildman–Crippen LogP) is 10.2. The second kappa shape index (κ2) is 27.8. The number of hydrogen-bond donors (Lipinski definition) is 1. The van der Waals surface area contributed by atoms with Gasteiger partial charge in [0.15, 0.2) is 0 Å². The minimum Gasteiger partial charge on any atom is -0.508 e. The fraction of sp³-hybridized carbons (Fsp3) is 0.333. The molecule has 4 aromatic carbocycles. The zero-order valence-corrected chi connectivity index (χ0v) is 51.1. The molecule has 11 heterocycles. The molecule has 1 N–H and O–H groups in total. The summed E-state index contributed by atoms with van der Waals surface area (Å²) in [6.07, 6.45) is 8.47. The largest absolute Gasteiger partial charge is 0.508 e. The lowest BCUT2D eigenvalue weighted by Gasteiger charge is -2.22. The topological polar surface area (TPSA) is 225 Å². The number of nitrogens with zero attached hydrogens (tertiary/aromatic N) is 8. The molecule has 3 fully saturated rings. The minimum absolute atomic E-state index is 0.0699. The smallest absolute Gasteiger partial charge is 0.351 e. The molecule has 90 heavy (non-hydrogen) atoms. The Kier molecular flexibility index (Phi) is 18.5. The van der Waals surface area contributed by atoms with Crippen LogP contribution in [0.15, 0.2) is 159 Å². The minimum atomic E-state index is -0.302. The highest BCUT2D eigenvalue weighted by Gasteiger charge is 2.26. The molecule has 15 rings (SSSR count). The van der Waals surface area contributed by atoms with Crippen molar-refractivity contribution in [1.29, 1.82) is 0 Å². The zero-order chi connectivity index (χ0) is 61.3. The first-order valence-corrected chi connectivity index (χ1v) is 31.4. The van der Waals surface area contributed by atoms with Crippen LogP contribution >= 0.6 is 15.9 Å². The van der Waals surface area contributed by atoms with Crippen LogP contribution in [-0.4, -0.2) is 102 Å². The molecule has 21 heteroatoms. The molecule has 0 bridgehead atoms. The van der Waals surface area contributed by atoms with E-state index >= 15 is 0 Å². The number of aromatic hydroxyl groups is 1. The van der Waals surface area contributed by atoms with Gasteiger partial charge >= 0.3 is 17.1 Å². The molecular formula is C69H67BrN8O12. The first-order chi connectivity index (χ1) is 44.1. The van der Waals surface area contributed by atoms with Crippen LogP contribution in [0.2, 0.25) is 0 Å². The Morgan fingerprint density at radius 2 is 0.889 bits per heavy atom. The highest BCUT2D eigenvalue weighted by atomic mass is 79.9.